The normalized spacial score (nSPS) is 19.6. The van der Waals surface area contributed by atoms with Crippen molar-refractivity contribution in [2.75, 3.05) is 18.0 Å². The highest BCUT2D eigenvalue weighted by Crippen LogP contribution is 2.50. The van der Waals surface area contributed by atoms with Gasteiger partial charge >= 0.3 is 0 Å². The summed E-state index contributed by atoms with van der Waals surface area (Å²) in [6.45, 7) is 6.59. The average Bonchev–Trinajstić information content (AvgIpc) is 3.33. The second kappa shape index (κ2) is 5.57. The zero-order valence-electron chi connectivity index (χ0n) is 15.8. The van der Waals surface area contributed by atoms with Crippen molar-refractivity contribution >= 4 is 17.0 Å². The number of carbonyl (C=O) groups is 1. The van der Waals surface area contributed by atoms with E-state index < -0.39 is 0 Å². The smallest absolute Gasteiger partial charge is 0.194 e. The molecule has 0 radical (unpaired) electrons. The number of hydrogen-bond acceptors (Lipinski definition) is 3. The molecule has 1 heterocycles. The van der Waals surface area contributed by atoms with Gasteiger partial charge in [-0.2, -0.15) is 5.26 Å². The van der Waals surface area contributed by atoms with Gasteiger partial charge in [0.15, 0.2) is 5.78 Å². The minimum atomic E-state index is -0.187. The number of fused-ring (bicyclic) bond motifs is 3. The average molecular weight is 354 g/mol. The molecule has 0 spiro atoms. The molecule has 0 atom stereocenters. The number of nitrogens with zero attached hydrogens (tertiary/aromatic N) is 2. The Hall–Kier alpha value is -2.86. The lowest BCUT2D eigenvalue weighted by molar-refractivity contribution is 0.105. The predicted molar refractivity (Wildman–Crippen MR) is 107 cm³/mol. The van der Waals surface area contributed by atoms with Gasteiger partial charge in [0.1, 0.15) is 0 Å². The van der Waals surface area contributed by atoms with Crippen molar-refractivity contribution < 1.29 is 4.79 Å². The Balaban J connectivity index is 1.66. The summed E-state index contributed by atoms with van der Waals surface area (Å²) >= 11 is 0. The molecule has 3 heteroatoms. The second-order valence-electron chi connectivity index (χ2n) is 8.39. The van der Waals surface area contributed by atoms with E-state index in [4.69, 9.17) is 0 Å². The molecule has 0 N–H and O–H groups in total. The number of rotatable bonds is 1. The number of hydrogen-bond donors (Lipinski definition) is 0. The number of anilines is 1. The lowest BCUT2D eigenvalue weighted by Crippen LogP contribution is -2.30. The monoisotopic (exact) mass is 354 g/mol. The minimum Gasteiger partial charge on any atom is -0.372 e. The lowest BCUT2D eigenvalue weighted by Gasteiger charge is -2.35. The fourth-order valence-electron chi connectivity index (χ4n) is 5.02. The predicted octanol–water partition coefficient (Wildman–Crippen LogP) is 4.64. The van der Waals surface area contributed by atoms with Crippen molar-refractivity contribution in [2.24, 2.45) is 0 Å². The van der Waals surface area contributed by atoms with Crippen LogP contribution in [0.1, 0.15) is 59.3 Å². The molecule has 3 nitrogen and oxygen atoms in total. The number of nitriles is 1. The van der Waals surface area contributed by atoms with Crippen molar-refractivity contribution in [3.63, 3.8) is 0 Å². The van der Waals surface area contributed by atoms with E-state index in [1.807, 2.05) is 18.2 Å². The molecule has 0 saturated carbocycles. The molecule has 1 fully saturated rings. The van der Waals surface area contributed by atoms with E-state index in [-0.39, 0.29) is 11.2 Å². The van der Waals surface area contributed by atoms with Crippen LogP contribution in [0, 0.1) is 11.3 Å². The fourth-order valence-corrected chi connectivity index (χ4v) is 5.02. The van der Waals surface area contributed by atoms with E-state index in [1.54, 1.807) is 0 Å². The molecule has 1 aliphatic heterocycles. The first-order valence-corrected chi connectivity index (χ1v) is 9.72. The molecule has 0 aromatic heterocycles. The molecule has 27 heavy (non-hydrogen) atoms. The van der Waals surface area contributed by atoms with Crippen molar-refractivity contribution in [3.8, 4) is 6.07 Å². The number of ketones is 1. The Morgan fingerprint density at radius 2 is 1.81 bits per heavy atom. The molecule has 5 rings (SSSR count). The zero-order chi connectivity index (χ0) is 18.8. The third-order valence-electron chi connectivity index (χ3n) is 6.55. The van der Waals surface area contributed by atoms with Crippen molar-refractivity contribution in [3.05, 3.63) is 69.8 Å². The van der Waals surface area contributed by atoms with E-state index in [1.165, 1.54) is 18.4 Å². The molecule has 3 aliphatic rings. The maximum atomic E-state index is 13.5. The van der Waals surface area contributed by atoms with Gasteiger partial charge < -0.3 is 4.90 Å². The minimum absolute atomic E-state index is 0.142. The maximum Gasteiger partial charge on any atom is 0.194 e. The lowest BCUT2D eigenvalue weighted by atomic mass is 9.68. The van der Waals surface area contributed by atoms with E-state index in [2.05, 4.69) is 43.0 Å². The van der Waals surface area contributed by atoms with Crippen LogP contribution >= 0.6 is 0 Å². The van der Waals surface area contributed by atoms with Crippen LogP contribution < -0.4 is 4.90 Å². The van der Waals surface area contributed by atoms with Crippen LogP contribution in [0.25, 0.3) is 5.57 Å². The van der Waals surface area contributed by atoms with Gasteiger partial charge in [-0.1, -0.05) is 26.0 Å². The van der Waals surface area contributed by atoms with Gasteiger partial charge in [0, 0.05) is 35.3 Å². The molecular formula is C24H22N2O. The van der Waals surface area contributed by atoms with Crippen LogP contribution in [0.15, 0.2) is 42.0 Å². The zero-order valence-corrected chi connectivity index (χ0v) is 15.8. The van der Waals surface area contributed by atoms with Gasteiger partial charge in [-0.15, -0.1) is 0 Å². The van der Waals surface area contributed by atoms with Crippen LogP contribution in [0.5, 0.6) is 0 Å². The van der Waals surface area contributed by atoms with Gasteiger partial charge in [0.25, 0.3) is 0 Å². The van der Waals surface area contributed by atoms with E-state index in [9.17, 15) is 10.1 Å². The Bertz CT molecular complexity index is 1060. The first-order chi connectivity index (χ1) is 13.0. The number of allylic oxidation sites excluding steroid dienone is 2. The summed E-state index contributed by atoms with van der Waals surface area (Å²) in [5, 5.41) is 9.22. The summed E-state index contributed by atoms with van der Waals surface area (Å²) in [4.78, 5) is 15.9. The summed E-state index contributed by atoms with van der Waals surface area (Å²) in [5.74, 6) is 0.142. The third kappa shape index (κ3) is 2.23. The van der Waals surface area contributed by atoms with Crippen LogP contribution in [0.2, 0.25) is 0 Å². The van der Waals surface area contributed by atoms with Crippen molar-refractivity contribution in [1.29, 1.82) is 5.26 Å². The molecule has 0 amide bonds. The highest BCUT2D eigenvalue weighted by molar-refractivity contribution is 6.33. The first-order valence-electron chi connectivity index (χ1n) is 9.72. The van der Waals surface area contributed by atoms with Crippen LogP contribution in [0.3, 0.4) is 0 Å². The Kier molecular flexibility index (Phi) is 3.37. The fraction of sp³-hybridized carbons (Fsp3) is 0.333. The maximum absolute atomic E-state index is 13.5. The van der Waals surface area contributed by atoms with Gasteiger partial charge in [-0.05, 0) is 65.8 Å². The Morgan fingerprint density at radius 3 is 2.56 bits per heavy atom. The molecule has 1 saturated heterocycles. The Morgan fingerprint density at radius 1 is 1.04 bits per heavy atom. The van der Waals surface area contributed by atoms with Crippen LogP contribution in [0.4, 0.5) is 5.69 Å². The summed E-state index contributed by atoms with van der Waals surface area (Å²) in [5.41, 5.74) is 7.79. The van der Waals surface area contributed by atoms with Gasteiger partial charge in [-0.25, -0.2) is 0 Å². The van der Waals surface area contributed by atoms with Crippen LogP contribution in [-0.4, -0.2) is 18.9 Å². The molecular weight excluding hydrogens is 332 g/mol. The summed E-state index contributed by atoms with van der Waals surface area (Å²) < 4.78 is 0. The Labute approximate surface area is 159 Å². The highest BCUT2D eigenvalue weighted by atomic mass is 16.1. The molecule has 2 aromatic rings. The first kappa shape index (κ1) is 16.3. The summed E-state index contributed by atoms with van der Waals surface area (Å²) in [6, 6.07) is 14.4. The largest absolute Gasteiger partial charge is 0.372 e. The number of Topliss-reactive ketones (excluding diaryl/α,β-unsaturated/α-hetero) is 1. The number of benzene rings is 2. The van der Waals surface area contributed by atoms with E-state index in [0.29, 0.717) is 5.56 Å². The van der Waals surface area contributed by atoms with Crippen molar-refractivity contribution in [1.82, 2.24) is 0 Å². The quantitative estimate of drug-likeness (QED) is 0.749. The second-order valence-corrected chi connectivity index (χ2v) is 8.39. The van der Waals surface area contributed by atoms with Gasteiger partial charge in [0.05, 0.1) is 11.6 Å². The topological polar surface area (TPSA) is 44.1 Å². The molecule has 2 aromatic carbocycles. The standard InChI is InChI=1S/C24H22N2O/c1-24(2)20-8-6-17(26-9-3-4-10-26)13-19(20)23(27)22-18-7-5-15(14-25)11-16(18)12-21(22)24/h5-8,11,13H,3-4,9-10,12H2,1-2H3. The van der Waals surface area contributed by atoms with E-state index in [0.717, 1.165) is 53.0 Å². The molecule has 0 bridgehead atoms. The third-order valence-corrected chi connectivity index (χ3v) is 6.55. The summed E-state index contributed by atoms with van der Waals surface area (Å²) in [7, 11) is 0. The molecule has 0 unspecified atom stereocenters. The van der Waals surface area contributed by atoms with Crippen LogP contribution in [-0.2, 0) is 11.8 Å². The number of carbonyl (C=O) groups excluding carboxylic acids is 1. The van der Waals surface area contributed by atoms with E-state index >= 15 is 0 Å². The SMILES string of the molecule is CC1(C)C2=C(C(=O)c3cc(N4CCCC4)ccc31)c1ccc(C#N)cc1C2. The van der Waals surface area contributed by atoms with Gasteiger partial charge in [-0.3, -0.25) is 4.79 Å². The molecule has 134 valence electrons. The van der Waals surface area contributed by atoms with Crippen molar-refractivity contribution in [2.45, 2.75) is 38.5 Å². The van der Waals surface area contributed by atoms with Gasteiger partial charge in [0.2, 0.25) is 0 Å². The molecule has 2 aliphatic carbocycles. The summed E-state index contributed by atoms with van der Waals surface area (Å²) in [6.07, 6.45) is 3.20. The highest BCUT2D eigenvalue weighted by Gasteiger charge is 2.42.